The third-order valence-corrected chi connectivity index (χ3v) is 5.25. The molecule has 0 aliphatic rings. The number of pyridine rings is 2. The van der Waals surface area contributed by atoms with E-state index >= 15 is 0 Å². The lowest BCUT2D eigenvalue weighted by Gasteiger charge is -2.33. The number of aromatic nitrogens is 2. The number of carbonyl (C=O) groups excluding carboxylic acids is 1. The average Bonchev–Trinajstić information content (AvgIpc) is 2.69. The van der Waals surface area contributed by atoms with Crippen molar-refractivity contribution < 1.29 is 17.0 Å². The number of hydrogen-bond acceptors (Lipinski definition) is 5. The van der Waals surface area contributed by atoms with Crippen LogP contribution in [-0.2, 0) is 11.8 Å². The molecule has 0 fully saturated rings. The molecule has 1 amide bonds. The molecule has 1 atom stereocenters. The zero-order valence-corrected chi connectivity index (χ0v) is 20.7. The number of hydrogen-bond donors (Lipinski definition) is 1. The van der Waals surface area contributed by atoms with Gasteiger partial charge in [-0.25, -0.2) is 4.79 Å². The van der Waals surface area contributed by atoms with Crippen molar-refractivity contribution in [2.45, 2.75) is 66.0 Å². The summed E-state index contributed by atoms with van der Waals surface area (Å²) >= 11 is 0. The predicted molar refractivity (Wildman–Crippen MR) is 132 cm³/mol. The number of fused-ring (bicyclic) bond motifs is 3. The van der Waals surface area contributed by atoms with Crippen LogP contribution in [0, 0.1) is 12.8 Å². The fraction of sp³-hybridized carbons (Fsp3) is 0.500. The molecule has 0 aliphatic heterocycles. The van der Waals surface area contributed by atoms with Gasteiger partial charge >= 0.3 is 6.09 Å². The van der Waals surface area contributed by atoms with Gasteiger partial charge in [-0.15, -0.1) is 0 Å². The predicted octanol–water partition coefficient (Wildman–Crippen LogP) is 5.10. The number of ether oxygens (including phenoxy) is 2. The van der Waals surface area contributed by atoms with Crippen LogP contribution in [0.2, 0.25) is 0 Å². The molecule has 2 heterocycles. The van der Waals surface area contributed by atoms with Gasteiger partial charge in [0.1, 0.15) is 17.9 Å². The van der Waals surface area contributed by atoms with E-state index in [1.807, 2.05) is 26.8 Å². The van der Waals surface area contributed by atoms with E-state index in [-0.39, 0.29) is 17.2 Å². The molecule has 1 aromatic carbocycles. The van der Waals surface area contributed by atoms with E-state index in [9.17, 15) is 9.59 Å². The van der Waals surface area contributed by atoms with E-state index in [2.05, 4.69) is 10.3 Å². The van der Waals surface area contributed by atoms with Crippen LogP contribution in [-0.4, -0.2) is 33.3 Å². The highest BCUT2D eigenvalue weighted by atomic mass is 16.6. The van der Waals surface area contributed by atoms with Gasteiger partial charge in [0.05, 0.1) is 24.9 Å². The van der Waals surface area contributed by atoms with Gasteiger partial charge < -0.3 is 19.4 Å². The molecule has 1 unspecified atom stereocenters. The van der Waals surface area contributed by atoms with E-state index < -0.39 is 23.8 Å². The molecule has 0 spiro atoms. The number of rotatable bonds is 6. The van der Waals surface area contributed by atoms with E-state index in [1.165, 1.54) is 0 Å². The Morgan fingerprint density at radius 2 is 1.88 bits per heavy atom. The van der Waals surface area contributed by atoms with Crippen LogP contribution in [0.4, 0.5) is 4.79 Å². The first-order valence-electron chi connectivity index (χ1n) is 12.1. The lowest BCUT2D eigenvalue weighted by atomic mass is 9.91. The summed E-state index contributed by atoms with van der Waals surface area (Å²) in [5.74, 6) is 0.242. The van der Waals surface area contributed by atoms with Crippen LogP contribution in [0.15, 0.2) is 35.3 Å². The Labute approximate surface area is 197 Å². The highest BCUT2D eigenvalue weighted by Crippen LogP contribution is 2.27. The molecule has 0 saturated heterocycles. The van der Waals surface area contributed by atoms with Crippen LogP contribution in [0.5, 0.6) is 5.75 Å². The van der Waals surface area contributed by atoms with Gasteiger partial charge in [0.25, 0.3) is 5.56 Å². The number of benzene rings is 1. The highest BCUT2D eigenvalue weighted by Gasteiger charge is 2.31. The van der Waals surface area contributed by atoms with Crippen molar-refractivity contribution in [1.82, 2.24) is 14.9 Å². The van der Waals surface area contributed by atoms with Gasteiger partial charge in [0.2, 0.25) is 0 Å². The van der Waals surface area contributed by atoms with Gasteiger partial charge in [-0.05, 0) is 76.6 Å². The first-order chi connectivity index (χ1) is 16.0. The van der Waals surface area contributed by atoms with Crippen molar-refractivity contribution in [3.05, 3.63) is 46.5 Å². The normalized spacial score (nSPS) is 15.2. The van der Waals surface area contributed by atoms with Crippen molar-refractivity contribution in [2.75, 3.05) is 6.56 Å². The minimum atomic E-state index is -2.32. The number of carbonyl (C=O) groups is 1. The molecule has 7 heteroatoms. The van der Waals surface area contributed by atoms with Crippen LogP contribution >= 0.6 is 0 Å². The molecule has 7 nitrogen and oxygen atoms in total. The second kappa shape index (κ2) is 9.04. The van der Waals surface area contributed by atoms with Crippen molar-refractivity contribution >= 4 is 27.8 Å². The zero-order valence-electron chi connectivity index (χ0n) is 22.7. The zero-order chi connectivity index (χ0) is 26.3. The monoisotopic (exact) mass is 455 g/mol. The second-order valence-corrected chi connectivity index (χ2v) is 10.1. The van der Waals surface area contributed by atoms with Gasteiger partial charge in [-0.3, -0.25) is 9.78 Å². The van der Waals surface area contributed by atoms with Crippen LogP contribution in [0.3, 0.4) is 0 Å². The summed E-state index contributed by atoms with van der Waals surface area (Å²) in [7, 11) is 1.69. The van der Waals surface area contributed by atoms with Gasteiger partial charge in [0.15, 0.2) is 0 Å². The maximum absolute atomic E-state index is 13.1. The van der Waals surface area contributed by atoms with E-state index in [0.717, 1.165) is 22.0 Å². The summed E-state index contributed by atoms with van der Waals surface area (Å²) < 4.78 is 30.3. The molecule has 3 aromatic rings. The first-order valence-corrected chi connectivity index (χ1v) is 11.1. The molecule has 1 N–H and O–H groups in total. The SMILES string of the molecule is [2H]C([2H])(Oc1ccc2c(c1)c(=O)n(C)c1c(C)nccc21)C(C)(CC(C)C)NC(=O)OC(C)(C)C. The van der Waals surface area contributed by atoms with Gasteiger partial charge in [0, 0.05) is 18.6 Å². The molecule has 0 radical (unpaired) electrons. The minimum absolute atomic E-state index is 0.0562. The molecule has 0 saturated carbocycles. The van der Waals surface area contributed by atoms with Crippen molar-refractivity contribution in [1.29, 1.82) is 0 Å². The molecule has 3 rings (SSSR count). The lowest BCUT2D eigenvalue weighted by Crippen LogP contribution is -2.52. The van der Waals surface area contributed by atoms with Crippen molar-refractivity contribution in [2.24, 2.45) is 13.0 Å². The largest absolute Gasteiger partial charge is 0.491 e. The van der Waals surface area contributed by atoms with Crippen LogP contribution < -0.4 is 15.6 Å². The summed E-state index contributed by atoms with van der Waals surface area (Å²) in [5, 5.41) is 4.71. The first kappa shape index (κ1) is 21.7. The van der Waals surface area contributed by atoms with E-state index in [1.54, 1.807) is 63.7 Å². The third-order valence-electron chi connectivity index (χ3n) is 5.25. The maximum Gasteiger partial charge on any atom is 0.408 e. The maximum atomic E-state index is 13.1. The summed E-state index contributed by atoms with van der Waals surface area (Å²) in [6.45, 7) is 10.2. The van der Waals surface area contributed by atoms with Crippen LogP contribution in [0.25, 0.3) is 21.7 Å². The smallest absolute Gasteiger partial charge is 0.408 e. The quantitative estimate of drug-likeness (QED) is 0.523. The molecule has 0 bridgehead atoms. The lowest BCUT2D eigenvalue weighted by molar-refractivity contribution is 0.0408. The van der Waals surface area contributed by atoms with Gasteiger partial charge in [-0.1, -0.05) is 13.8 Å². The Morgan fingerprint density at radius 1 is 1.18 bits per heavy atom. The molecule has 2 aromatic heterocycles. The second-order valence-electron chi connectivity index (χ2n) is 10.1. The Bertz CT molecular complexity index is 1330. The Morgan fingerprint density at radius 3 is 2.52 bits per heavy atom. The fourth-order valence-corrected chi connectivity index (χ4v) is 4.12. The van der Waals surface area contributed by atoms with E-state index in [0.29, 0.717) is 11.8 Å². The van der Waals surface area contributed by atoms with Gasteiger partial charge in [-0.2, -0.15) is 0 Å². The van der Waals surface area contributed by atoms with Crippen LogP contribution in [0.1, 0.15) is 56.4 Å². The topological polar surface area (TPSA) is 82.5 Å². The van der Waals surface area contributed by atoms with Crippen molar-refractivity contribution in [3.8, 4) is 5.75 Å². The Kier molecular flexibility index (Phi) is 5.96. The van der Waals surface area contributed by atoms with Crippen molar-refractivity contribution in [3.63, 3.8) is 0 Å². The Hall–Kier alpha value is -3.09. The number of amides is 1. The summed E-state index contributed by atoms with van der Waals surface area (Å²) in [4.78, 5) is 30.0. The highest BCUT2D eigenvalue weighted by molar-refractivity contribution is 6.06. The minimum Gasteiger partial charge on any atom is -0.491 e. The third kappa shape index (κ3) is 5.64. The molecule has 33 heavy (non-hydrogen) atoms. The summed E-state index contributed by atoms with van der Waals surface area (Å²) in [5.41, 5.74) is -0.870. The summed E-state index contributed by atoms with van der Waals surface area (Å²) in [6, 6.07) is 6.80. The fourth-order valence-electron chi connectivity index (χ4n) is 4.12. The number of alkyl carbamates (subject to hydrolysis) is 1. The molecular weight excluding hydrogens is 418 g/mol. The molecule has 0 aliphatic carbocycles. The summed E-state index contributed by atoms with van der Waals surface area (Å²) in [6.07, 6.45) is 1.27. The molecular formula is C26H35N3O4. The standard InChI is InChI=1S/C26H35N3O4/c1-16(2)14-26(7,28-24(31)33-25(4,5)6)15-32-18-9-10-19-20-11-12-27-17(3)22(20)29(8)23(30)21(19)13-18/h9-13,16H,14-15H2,1-8H3,(H,28,31)/i15D2. The van der Waals surface area contributed by atoms with E-state index in [4.69, 9.17) is 12.2 Å². The average molecular weight is 456 g/mol. The number of aryl methyl sites for hydroxylation is 2. The number of nitrogens with one attached hydrogen (secondary N) is 1. The molecule has 178 valence electrons. The Balaban J connectivity index is 2.04. The number of nitrogens with zero attached hydrogens (tertiary/aromatic N) is 2.